The molecule has 0 saturated carbocycles. The summed E-state index contributed by atoms with van der Waals surface area (Å²) in [7, 11) is 1.61. The minimum atomic E-state index is 0.0443. The zero-order valence-corrected chi connectivity index (χ0v) is 8.65. The fourth-order valence-corrected chi connectivity index (χ4v) is 1.52. The molecule has 0 unspecified atom stereocenters. The number of hydrogen-bond donors (Lipinski definition) is 0. The van der Waals surface area contributed by atoms with Crippen molar-refractivity contribution in [3.8, 4) is 5.75 Å². The van der Waals surface area contributed by atoms with E-state index in [9.17, 15) is 4.79 Å². The smallest absolute Gasteiger partial charge is 0.159 e. The van der Waals surface area contributed by atoms with E-state index in [0.717, 1.165) is 16.7 Å². The van der Waals surface area contributed by atoms with Crippen LogP contribution in [0.25, 0.3) is 10.9 Å². The Morgan fingerprint density at radius 3 is 2.80 bits per heavy atom. The number of pyridine rings is 1. The van der Waals surface area contributed by atoms with Crippen molar-refractivity contribution >= 4 is 16.7 Å². The third kappa shape index (κ3) is 1.68. The highest BCUT2D eigenvalue weighted by atomic mass is 16.5. The number of aromatic nitrogens is 1. The van der Waals surface area contributed by atoms with Crippen LogP contribution in [0.5, 0.6) is 5.75 Å². The second kappa shape index (κ2) is 3.69. The summed E-state index contributed by atoms with van der Waals surface area (Å²) in [4.78, 5) is 15.4. The lowest BCUT2D eigenvalue weighted by molar-refractivity contribution is 0.101. The maximum Gasteiger partial charge on any atom is 0.159 e. The molecule has 0 aliphatic rings. The zero-order chi connectivity index (χ0) is 10.8. The van der Waals surface area contributed by atoms with Crippen molar-refractivity contribution < 1.29 is 9.53 Å². The molecule has 0 aliphatic heterocycles. The molecule has 1 aromatic carbocycles. The fraction of sp³-hybridized carbons (Fsp3) is 0.167. The van der Waals surface area contributed by atoms with Crippen LogP contribution in [-0.4, -0.2) is 17.9 Å². The molecule has 2 aromatic rings. The second-order valence-corrected chi connectivity index (χ2v) is 3.30. The number of benzene rings is 1. The molecule has 0 atom stereocenters. The molecule has 0 fully saturated rings. The van der Waals surface area contributed by atoms with Gasteiger partial charge in [-0.15, -0.1) is 0 Å². The lowest BCUT2D eigenvalue weighted by Gasteiger charge is -2.05. The third-order valence-electron chi connectivity index (χ3n) is 2.33. The highest BCUT2D eigenvalue weighted by Crippen LogP contribution is 2.24. The number of Topliss-reactive ketones (excluding diaryl/α,β-unsaturated/α-hetero) is 1. The number of ketones is 1. The number of methoxy groups -OCH3 is 1. The summed E-state index contributed by atoms with van der Waals surface area (Å²) in [6.45, 7) is 1.55. The summed E-state index contributed by atoms with van der Waals surface area (Å²) >= 11 is 0. The van der Waals surface area contributed by atoms with Crippen LogP contribution in [0.15, 0.2) is 30.5 Å². The van der Waals surface area contributed by atoms with Crippen molar-refractivity contribution in [2.75, 3.05) is 7.11 Å². The van der Waals surface area contributed by atoms with E-state index in [1.54, 1.807) is 32.4 Å². The van der Waals surface area contributed by atoms with Gasteiger partial charge in [0.25, 0.3) is 0 Å². The second-order valence-electron chi connectivity index (χ2n) is 3.30. The molecule has 3 nitrogen and oxygen atoms in total. The Balaban J connectivity index is 2.72. The van der Waals surface area contributed by atoms with Crippen LogP contribution in [0, 0.1) is 0 Å². The molecule has 0 amide bonds. The summed E-state index contributed by atoms with van der Waals surface area (Å²) in [5.41, 5.74) is 1.51. The quantitative estimate of drug-likeness (QED) is 0.700. The normalized spacial score (nSPS) is 10.3. The van der Waals surface area contributed by atoms with Gasteiger partial charge in [0.1, 0.15) is 5.75 Å². The van der Waals surface area contributed by atoms with Gasteiger partial charge in [0.15, 0.2) is 5.78 Å². The summed E-state index contributed by atoms with van der Waals surface area (Å²) in [5.74, 6) is 0.783. The van der Waals surface area contributed by atoms with Gasteiger partial charge in [0.05, 0.1) is 12.6 Å². The maximum absolute atomic E-state index is 11.2. The average Bonchev–Trinajstić information content (AvgIpc) is 2.27. The summed E-state index contributed by atoms with van der Waals surface area (Å²) < 4.78 is 5.21. The summed E-state index contributed by atoms with van der Waals surface area (Å²) in [5, 5.41) is 0.868. The monoisotopic (exact) mass is 201 g/mol. The van der Waals surface area contributed by atoms with Crippen molar-refractivity contribution in [1.82, 2.24) is 4.98 Å². The lowest BCUT2D eigenvalue weighted by Crippen LogP contribution is -1.93. The zero-order valence-electron chi connectivity index (χ0n) is 8.65. The van der Waals surface area contributed by atoms with Gasteiger partial charge in [-0.3, -0.25) is 9.78 Å². The minimum absolute atomic E-state index is 0.0443. The number of carbonyl (C=O) groups excluding carboxylic acids is 1. The molecular formula is C12H11NO2. The van der Waals surface area contributed by atoms with E-state index in [-0.39, 0.29) is 5.78 Å². The molecule has 0 radical (unpaired) electrons. The standard InChI is InChI=1S/C12H11NO2/c1-8(14)9-3-4-11-10(7-9)12(15-2)5-6-13-11/h3-7H,1-2H3. The Morgan fingerprint density at radius 1 is 1.33 bits per heavy atom. The van der Waals surface area contributed by atoms with Crippen LogP contribution in [0.4, 0.5) is 0 Å². The Kier molecular flexibility index (Phi) is 2.37. The maximum atomic E-state index is 11.2. The first-order valence-electron chi connectivity index (χ1n) is 4.66. The topological polar surface area (TPSA) is 39.2 Å². The number of fused-ring (bicyclic) bond motifs is 1. The molecule has 76 valence electrons. The molecule has 0 N–H and O–H groups in total. The van der Waals surface area contributed by atoms with E-state index in [1.807, 2.05) is 12.1 Å². The number of carbonyl (C=O) groups is 1. The Labute approximate surface area is 87.7 Å². The van der Waals surface area contributed by atoms with Crippen molar-refractivity contribution in [1.29, 1.82) is 0 Å². The van der Waals surface area contributed by atoms with Crippen LogP contribution < -0.4 is 4.74 Å². The van der Waals surface area contributed by atoms with Gasteiger partial charge in [-0.05, 0) is 31.2 Å². The highest BCUT2D eigenvalue weighted by molar-refractivity contribution is 5.99. The van der Waals surface area contributed by atoms with Crippen LogP contribution >= 0.6 is 0 Å². The van der Waals surface area contributed by atoms with E-state index in [4.69, 9.17) is 4.74 Å². The van der Waals surface area contributed by atoms with Gasteiger partial charge in [-0.2, -0.15) is 0 Å². The van der Waals surface area contributed by atoms with E-state index in [1.165, 1.54) is 0 Å². The molecule has 3 heteroatoms. The van der Waals surface area contributed by atoms with E-state index >= 15 is 0 Å². The molecule has 1 aromatic heterocycles. The van der Waals surface area contributed by atoms with Gasteiger partial charge in [0.2, 0.25) is 0 Å². The molecule has 0 spiro atoms. The van der Waals surface area contributed by atoms with Gasteiger partial charge in [-0.25, -0.2) is 0 Å². The molecule has 0 aliphatic carbocycles. The van der Waals surface area contributed by atoms with Crippen LogP contribution in [0.3, 0.4) is 0 Å². The average molecular weight is 201 g/mol. The van der Waals surface area contributed by atoms with Gasteiger partial charge >= 0.3 is 0 Å². The van der Waals surface area contributed by atoms with Crippen LogP contribution in [0.2, 0.25) is 0 Å². The predicted molar refractivity (Wildman–Crippen MR) is 58.3 cm³/mol. The summed E-state index contributed by atoms with van der Waals surface area (Å²) in [6.07, 6.45) is 1.69. The molecular weight excluding hydrogens is 190 g/mol. The van der Waals surface area contributed by atoms with Crippen molar-refractivity contribution in [3.63, 3.8) is 0 Å². The largest absolute Gasteiger partial charge is 0.496 e. The fourth-order valence-electron chi connectivity index (χ4n) is 1.52. The van der Waals surface area contributed by atoms with Crippen molar-refractivity contribution in [3.05, 3.63) is 36.0 Å². The lowest BCUT2D eigenvalue weighted by atomic mass is 10.1. The third-order valence-corrected chi connectivity index (χ3v) is 2.33. The molecule has 15 heavy (non-hydrogen) atoms. The summed E-state index contributed by atoms with van der Waals surface area (Å²) in [6, 6.07) is 7.20. The van der Waals surface area contributed by atoms with Crippen LogP contribution in [-0.2, 0) is 0 Å². The van der Waals surface area contributed by atoms with E-state index in [0.29, 0.717) is 5.56 Å². The van der Waals surface area contributed by atoms with Gasteiger partial charge in [0, 0.05) is 17.1 Å². The molecule has 1 heterocycles. The number of nitrogens with zero attached hydrogens (tertiary/aromatic N) is 1. The minimum Gasteiger partial charge on any atom is -0.496 e. The first-order chi connectivity index (χ1) is 7.22. The van der Waals surface area contributed by atoms with Crippen LogP contribution in [0.1, 0.15) is 17.3 Å². The van der Waals surface area contributed by atoms with E-state index < -0.39 is 0 Å². The van der Waals surface area contributed by atoms with Gasteiger partial charge in [-0.1, -0.05) is 0 Å². The Bertz CT molecular complexity index is 520. The van der Waals surface area contributed by atoms with E-state index in [2.05, 4.69) is 4.98 Å². The number of rotatable bonds is 2. The molecule has 0 saturated heterocycles. The molecule has 2 rings (SSSR count). The highest BCUT2D eigenvalue weighted by Gasteiger charge is 2.05. The van der Waals surface area contributed by atoms with Crippen molar-refractivity contribution in [2.45, 2.75) is 6.92 Å². The van der Waals surface area contributed by atoms with Crippen molar-refractivity contribution in [2.24, 2.45) is 0 Å². The number of ether oxygens (including phenoxy) is 1. The first kappa shape index (κ1) is 9.65. The molecule has 0 bridgehead atoms. The Morgan fingerprint density at radius 2 is 2.13 bits per heavy atom. The predicted octanol–water partition coefficient (Wildman–Crippen LogP) is 2.45. The first-order valence-corrected chi connectivity index (χ1v) is 4.66. The van der Waals surface area contributed by atoms with Gasteiger partial charge < -0.3 is 4.74 Å². The Hall–Kier alpha value is -1.90. The number of hydrogen-bond acceptors (Lipinski definition) is 3. The SMILES string of the molecule is COc1ccnc2ccc(C(C)=O)cc12.